The molecule has 8 nitrogen and oxygen atoms in total. The Bertz CT molecular complexity index is 1500. The zero-order chi connectivity index (χ0) is 28.4. The Labute approximate surface area is 235 Å². The molecule has 0 unspecified atom stereocenters. The fourth-order valence-corrected chi connectivity index (χ4v) is 3.88. The summed E-state index contributed by atoms with van der Waals surface area (Å²) >= 11 is 11.8. The SMILES string of the molecule is C=C(C(/C=C\C(=O)C(=O)N[C@H](COC)c1ccccc1)=C\C(=O)O)/C(=C\C=C\Cl)c1nc2ccc(Cl)cc2[nH]1. The number of carbonyl (C=O) groups is 3. The number of hydrogen-bond acceptors (Lipinski definition) is 5. The van der Waals surface area contributed by atoms with E-state index in [0.29, 0.717) is 27.5 Å². The fraction of sp³-hybridized carbons (Fsp3) is 0.103. The molecule has 0 aliphatic carbocycles. The number of imidazole rings is 1. The summed E-state index contributed by atoms with van der Waals surface area (Å²) in [4.78, 5) is 44.6. The molecule has 2 aromatic carbocycles. The number of carboxylic acid groups (broad SMARTS) is 1. The van der Waals surface area contributed by atoms with Gasteiger partial charge in [-0.15, -0.1) is 0 Å². The molecule has 200 valence electrons. The second kappa shape index (κ2) is 14.1. The zero-order valence-electron chi connectivity index (χ0n) is 20.9. The topological polar surface area (TPSA) is 121 Å². The number of allylic oxidation sites excluding steroid dienone is 6. The Balaban J connectivity index is 1.88. The molecule has 3 aromatic rings. The lowest BCUT2D eigenvalue weighted by molar-refractivity contribution is -0.135. The maximum Gasteiger partial charge on any atom is 0.328 e. The maximum absolute atomic E-state index is 12.7. The Kier molecular flexibility index (Phi) is 10.6. The Hall–Kier alpha value is -4.24. The molecule has 0 radical (unpaired) electrons. The van der Waals surface area contributed by atoms with Gasteiger partial charge in [0.25, 0.3) is 5.91 Å². The molecule has 10 heteroatoms. The number of ether oxygens (including phenoxy) is 1. The summed E-state index contributed by atoms with van der Waals surface area (Å²) < 4.78 is 5.17. The van der Waals surface area contributed by atoms with Gasteiger partial charge in [0.1, 0.15) is 5.82 Å². The maximum atomic E-state index is 12.7. The number of rotatable bonds is 12. The lowest BCUT2D eigenvalue weighted by Crippen LogP contribution is -2.35. The minimum Gasteiger partial charge on any atom is -0.478 e. The van der Waals surface area contributed by atoms with Crippen molar-refractivity contribution in [1.29, 1.82) is 0 Å². The van der Waals surface area contributed by atoms with E-state index in [4.69, 9.17) is 27.9 Å². The van der Waals surface area contributed by atoms with Crippen LogP contribution >= 0.6 is 23.2 Å². The summed E-state index contributed by atoms with van der Waals surface area (Å²) in [5.41, 5.74) is 3.98. The molecule has 3 rings (SSSR count). The molecule has 3 N–H and O–H groups in total. The monoisotopic (exact) mass is 565 g/mol. The van der Waals surface area contributed by atoms with Crippen LogP contribution in [-0.2, 0) is 19.1 Å². The van der Waals surface area contributed by atoms with Crippen LogP contribution in [0.25, 0.3) is 16.6 Å². The number of aromatic nitrogens is 2. The van der Waals surface area contributed by atoms with Crippen molar-refractivity contribution in [2.24, 2.45) is 0 Å². The Morgan fingerprint density at radius 3 is 2.59 bits per heavy atom. The van der Waals surface area contributed by atoms with Gasteiger partial charge in [-0.2, -0.15) is 0 Å². The Morgan fingerprint density at radius 1 is 1.18 bits per heavy atom. The van der Waals surface area contributed by atoms with Crippen molar-refractivity contribution in [1.82, 2.24) is 15.3 Å². The van der Waals surface area contributed by atoms with Gasteiger partial charge in [0.2, 0.25) is 5.78 Å². The van der Waals surface area contributed by atoms with Gasteiger partial charge in [0, 0.05) is 29.3 Å². The lowest BCUT2D eigenvalue weighted by atomic mass is 9.97. The molecule has 39 heavy (non-hydrogen) atoms. The molecular formula is C29H25Cl2N3O5. The molecule has 0 spiro atoms. The molecule has 0 saturated heterocycles. The first kappa shape index (κ1) is 29.3. The summed E-state index contributed by atoms with van der Waals surface area (Å²) in [6.45, 7) is 4.17. The molecule has 0 bridgehead atoms. The van der Waals surface area contributed by atoms with Crippen molar-refractivity contribution >= 4 is 57.5 Å². The standard InChI is InChI=1S/C29H25Cl2N3O5/c1-18(22(9-6-14-30)28-32-23-12-11-21(31)16-24(23)33-28)20(15-27(36)37)10-13-26(35)29(38)34-25(17-39-2)19-7-4-3-5-8-19/h3-16,25H,1,17H2,2H3,(H,32,33)(H,34,38)(H,36,37)/b13-10-,14-6+,20-15-,22-9+/t25-/m1/s1. The predicted molar refractivity (Wildman–Crippen MR) is 152 cm³/mol. The average molecular weight is 566 g/mol. The van der Waals surface area contributed by atoms with E-state index in [9.17, 15) is 19.5 Å². The molecule has 1 amide bonds. The van der Waals surface area contributed by atoms with Gasteiger partial charge in [-0.1, -0.05) is 72.3 Å². The van der Waals surface area contributed by atoms with Crippen molar-refractivity contribution in [3.05, 3.63) is 119 Å². The minimum atomic E-state index is -1.28. The number of benzene rings is 2. The van der Waals surface area contributed by atoms with Gasteiger partial charge in [-0.3, -0.25) is 9.59 Å². The smallest absolute Gasteiger partial charge is 0.328 e. The molecule has 0 fully saturated rings. The number of nitrogens with zero attached hydrogens (tertiary/aromatic N) is 1. The zero-order valence-corrected chi connectivity index (χ0v) is 22.4. The summed E-state index contributed by atoms with van der Waals surface area (Å²) in [6, 6.07) is 13.6. The number of aliphatic carboxylic acids is 1. The number of ketones is 1. The summed E-state index contributed by atoms with van der Waals surface area (Å²) in [7, 11) is 1.49. The molecule has 1 aromatic heterocycles. The summed E-state index contributed by atoms with van der Waals surface area (Å²) in [6.07, 6.45) is 6.17. The first-order valence-electron chi connectivity index (χ1n) is 11.6. The fourth-order valence-electron chi connectivity index (χ4n) is 3.63. The summed E-state index contributed by atoms with van der Waals surface area (Å²) in [5, 5.41) is 12.6. The molecule has 0 aliphatic heterocycles. The van der Waals surface area contributed by atoms with E-state index < -0.39 is 23.7 Å². The number of carbonyl (C=O) groups excluding carboxylic acids is 2. The predicted octanol–water partition coefficient (Wildman–Crippen LogP) is 5.55. The highest BCUT2D eigenvalue weighted by atomic mass is 35.5. The lowest BCUT2D eigenvalue weighted by Gasteiger charge is -2.17. The third kappa shape index (κ3) is 8.12. The van der Waals surface area contributed by atoms with E-state index >= 15 is 0 Å². The van der Waals surface area contributed by atoms with Gasteiger partial charge in [-0.25, -0.2) is 9.78 Å². The normalized spacial score (nSPS) is 13.2. The van der Waals surface area contributed by atoms with Crippen LogP contribution < -0.4 is 5.32 Å². The van der Waals surface area contributed by atoms with Crippen molar-refractivity contribution in [3.8, 4) is 0 Å². The summed E-state index contributed by atoms with van der Waals surface area (Å²) in [5.74, 6) is -2.68. The largest absolute Gasteiger partial charge is 0.478 e. The van der Waals surface area contributed by atoms with Gasteiger partial charge in [-0.05, 0) is 47.1 Å². The number of carboxylic acids is 1. The van der Waals surface area contributed by atoms with Gasteiger partial charge >= 0.3 is 5.97 Å². The quantitative estimate of drug-likeness (QED) is 0.150. The van der Waals surface area contributed by atoms with Crippen LogP contribution in [0.4, 0.5) is 0 Å². The van der Waals surface area contributed by atoms with Crippen LogP contribution in [0.1, 0.15) is 17.4 Å². The van der Waals surface area contributed by atoms with Crippen LogP contribution in [0.2, 0.25) is 5.02 Å². The van der Waals surface area contributed by atoms with E-state index in [2.05, 4.69) is 21.9 Å². The molecule has 1 heterocycles. The number of amides is 1. The van der Waals surface area contributed by atoms with Crippen LogP contribution in [0, 0.1) is 0 Å². The van der Waals surface area contributed by atoms with Crippen LogP contribution in [-0.4, -0.2) is 46.5 Å². The number of nitrogens with one attached hydrogen (secondary N) is 2. The number of hydrogen-bond donors (Lipinski definition) is 3. The molecular weight excluding hydrogens is 541 g/mol. The van der Waals surface area contributed by atoms with E-state index in [0.717, 1.165) is 17.7 Å². The minimum absolute atomic E-state index is 0.0628. The molecule has 1 atom stereocenters. The highest BCUT2D eigenvalue weighted by molar-refractivity contribution is 6.40. The number of methoxy groups -OCH3 is 1. The number of fused-ring (bicyclic) bond motifs is 1. The molecule has 0 aliphatic rings. The van der Waals surface area contributed by atoms with Gasteiger partial charge in [0.05, 0.1) is 23.7 Å². The second-order valence-corrected chi connectivity index (χ2v) is 8.84. The van der Waals surface area contributed by atoms with E-state index in [1.165, 1.54) is 24.8 Å². The van der Waals surface area contributed by atoms with E-state index in [1.54, 1.807) is 36.4 Å². The molecule has 0 saturated carbocycles. The number of aromatic amines is 1. The second-order valence-electron chi connectivity index (χ2n) is 8.15. The van der Waals surface area contributed by atoms with Crippen molar-refractivity contribution < 1.29 is 24.2 Å². The van der Waals surface area contributed by atoms with Crippen molar-refractivity contribution in [3.63, 3.8) is 0 Å². The van der Waals surface area contributed by atoms with Crippen LogP contribution in [0.3, 0.4) is 0 Å². The number of halogens is 2. The van der Waals surface area contributed by atoms with Gasteiger partial charge in [0.15, 0.2) is 0 Å². The van der Waals surface area contributed by atoms with Crippen LogP contribution in [0.15, 0.2) is 102 Å². The number of H-pyrrole nitrogens is 1. The third-order valence-electron chi connectivity index (χ3n) is 5.47. The third-order valence-corrected chi connectivity index (χ3v) is 5.85. The van der Waals surface area contributed by atoms with Crippen LogP contribution in [0.5, 0.6) is 0 Å². The average Bonchev–Trinajstić information content (AvgIpc) is 3.33. The van der Waals surface area contributed by atoms with E-state index in [1.807, 2.05) is 18.2 Å². The first-order chi connectivity index (χ1) is 18.7. The Morgan fingerprint density at radius 2 is 1.92 bits per heavy atom. The highest BCUT2D eigenvalue weighted by Gasteiger charge is 2.19. The van der Waals surface area contributed by atoms with E-state index in [-0.39, 0.29) is 17.8 Å². The van der Waals surface area contributed by atoms with Crippen molar-refractivity contribution in [2.75, 3.05) is 13.7 Å². The first-order valence-corrected chi connectivity index (χ1v) is 12.4. The van der Waals surface area contributed by atoms with Gasteiger partial charge < -0.3 is 20.1 Å². The highest BCUT2D eigenvalue weighted by Crippen LogP contribution is 2.29. The van der Waals surface area contributed by atoms with Crippen molar-refractivity contribution in [2.45, 2.75) is 6.04 Å².